The fourth-order valence-corrected chi connectivity index (χ4v) is 5.24. The number of anilines is 1. The number of rotatable bonds is 19. The van der Waals surface area contributed by atoms with Crippen molar-refractivity contribution < 1.29 is 23.0 Å². The summed E-state index contributed by atoms with van der Waals surface area (Å²) in [4.78, 5) is 13.7. The van der Waals surface area contributed by atoms with Gasteiger partial charge in [-0.05, 0) is 91.9 Å². The molecule has 1 amide bonds. The van der Waals surface area contributed by atoms with Gasteiger partial charge in [-0.25, -0.2) is 4.21 Å². The summed E-state index contributed by atoms with van der Waals surface area (Å²) in [6.45, 7) is 4.41. The zero-order valence-corrected chi connectivity index (χ0v) is 25.3. The molecule has 41 heavy (non-hydrogen) atoms. The number of carbonyl (C=O) groups is 1. The van der Waals surface area contributed by atoms with Crippen molar-refractivity contribution in [3.8, 4) is 17.2 Å². The second kappa shape index (κ2) is 18.2. The summed E-state index contributed by atoms with van der Waals surface area (Å²) >= 11 is -1.72. The number of ether oxygens (including phenoxy) is 1. The van der Waals surface area contributed by atoms with Crippen molar-refractivity contribution in [3.63, 3.8) is 0 Å². The van der Waals surface area contributed by atoms with Gasteiger partial charge in [-0.1, -0.05) is 77.3 Å². The predicted octanol–water partition coefficient (Wildman–Crippen LogP) is 8.75. The fraction of sp³-hybridized carbons (Fsp3) is 0.441. The maximum atomic E-state index is 13.3. The minimum Gasteiger partial charge on any atom is -0.508 e. The highest BCUT2D eigenvalue weighted by Crippen LogP contribution is 2.24. The van der Waals surface area contributed by atoms with E-state index in [1.807, 2.05) is 12.1 Å². The molecule has 0 spiro atoms. The number of unbranched alkanes of at least 4 members (excludes halogenated alkanes) is 8. The summed E-state index contributed by atoms with van der Waals surface area (Å²) in [7, 11) is 0. The summed E-state index contributed by atoms with van der Waals surface area (Å²) in [6, 6.07) is 20.9. The Balaban J connectivity index is 1.58. The molecular formula is C34H45NO5S. The maximum absolute atomic E-state index is 13.3. The van der Waals surface area contributed by atoms with Crippen molar-refractivity contribution in [2.75, 3.05) is 5.32 Å². The molecule has 2 N–H and O–H groups in total. The van der Waals surface area contributed by atoms with Crippen LogP contribution in [0.2, 0.25) is 0 Å². The monoisotopic (exact) mass is 579 g/mol. The highest BCUT2D eigenvalue weighted by Gasteiger charge is 2.21. The van der Waals surface area contributed by atoms with Crippen molar-refractivity contribution in [1.29, 1.82) is 0 Å². The van der Waals surface area contributed by atoms with Crippen molar-refractivity contribution in [2.45, 2.75) is 102 Å². The van der Waals surface area contributed by atoms with Crippen molar-refractivity contribution >= 4 is 22.7 Å². The molecule has 0 aliphatic carbocycles. The average Bonchev–Trinajstić information content (AvgIpc) is 2.98. The van der Waals surface area contributed by atoms with E-state index in [1.54, 1.807) is 36.4 Å². The van der Waals surface area contributed by atoms with E-state index in [-0.39, 0.29) is 11.7 Å². The van der Waals surface area contributed by atoms with Crippen LogP contribution in [0.1, 0.15) is 90.0 Å². The van der Waals surface area contributed by atoms with Crippen LogP contribution in [-0.2, 0) is 22.3 Å². The van der Waals surface area contributed by atoms with Crippen LogP contribution in [0.4, 0.5) is 5.69 Å². The Morgan fingerprint density at radius 3 is 1.98 bits per heavy atom. The van der Waals surface area contributed by atoms with Crippen LogP contribution in [0.25, 0.3) is 0 Å². The first-order valence-electron chi connectivity index (χ1n) is 15.0. The van der Waals surface area contributed by atoms with Gasteiger partial charge in [-0.2, -0.15) is 0 Å². The molecule has 0 fully saturated rings. The minimum absolute atomic E-state index is 0.0989. The fourth-order valence-electron chi connectivity index (χ4n) is 4.50. The molecule has 222 valence electrons. The van der Waals surface area contributed by atoms with E-state index in [9.17, 15) is 14.1 Å². The zero-order chi connectivity index (χ0) is 29.3. The lowest BCUT2D eigenvalue weighted by molar-refractivity contribution is -0.123. The molecule has 0 aliphatic heterocycles. The molecule has 2 unspecified atom stereocenters. The topological polar surface area (TPSA) is 84.9 Å². The van der Waals surface area contributed by atoms with Gasteiger partial charge in [-0.3, -0.25) is 4.79 Å². The van der Waals surface area contributed by atoms with E-state index in [0.717, 1.165) is 37.8 Å². The number of hydrogen-bond donors (Lipinski definition) is 2. The van der Waals surface area contributed by atoms with Gasteiger partial charge in [0.2, 0.25) is 11.1 Å². The molecule has 0 saturated heterocycles. The Labute approximate surface area is 248 Å². The van der Waals surface area contributed by atoms with E-state index in [4.69, 9.17) is 8.92 Å². The molecule has 3 aromatic carbocycles. The number of aryl methyl sites for hydroxylation is 1. The third-order valence-electron chi connectivity index (χ3n) is 6.96. The first-order chi connectivity index (χ1) is 20.0. The molecule has 6 nitrogen and oxygen atoms in total. The van der Waals surface area contributed by atoms with Crippen LogP contribution in [0.15, 0.2) is 77.7 Å². The Morgan fingerprint density at radius 1 is 0.756 bits per heavy atom. The standard InChI is InChI=1S/C34H45NO5S/c1-3-5-7-8-9-10-11-12-14-33(34(37)35-28-17-15-27(16-18-28)13-6-4-2)39-30-21-23-31(24-22-30)40-41(38)32-25-19-29(36)20-26-32/h15-26,33,36H,3-14H2,1-2H3,(H,35,37). The number of aromatic hydroxyl groups is 1. The van der Waals surface area contributed by atoms with Crippen LogP contribution >= 0.6 is 0 Å². The first-order valence-corrected chi connectivity index (χ1v) is 16.1. The molecule has 7 heteroatoms. The lowest BCUT2D eigenvalue weighted by Gasteiger charge is -2.19. The molecule has 0 radical (unpaired) electrons. The number of phenols is 1. The van der Waals surface area contributed by atoms with Crippen LogP contribution in [-0.4, -0.2) is 21.3 Å². The van der Waals surface area contributed by atoms with Gasteiger partial charge in [0.25, 0.3) is 5.91 Å². The largest absolute Gasteiger partial charge is 0.508 e. The minimum atomic E-state index is -1.72. The van der Waals surface area contributed by atoms with Crippen molar-refractivity contribution in [1.82, 2.24) is 0 Å². The second-order valence-corrected chi connectivity index (χ2v) is 11.6. The number of phenolic OH excluding ortho intramolecular Hbond substituents is 1. The van der Waals surface area contributed by atoms with E-state index < -0.39 is 17.2 Å². The Kier molecular flexibility index (Phi) is 14.3. The molecule has 0 aliphatic rings. The molecule has 0 bridgehead atoms. The molecule has 0 saturated carbocycles. The lowest BCUT2D eigenvalue weighted by atomic mass is 10.0. The quantitative estimate of drug-likeness (QED) is 0.139. The average molecular weight is 580 g/mol. The summed E-state index contributed by atoms with van der Waals surface area (Å²) < 4.78 is 24.2. The Bertz CT molecular complexity index is 1180. The number of carbonyl (C=O) groups excluding carboxylic acids is 1. The second-order valence-electron chi connectivity index (χ2n) is 10.4. The molecular weight excluding hydrogens is 534 g/mol. The van der Waals surface area contributed by atoms with Crippen LogP contribution in [0.5, 0.6) is 17.2 Å². The van der Waals surface area contributed by atoms with Crippen molar-refractivity contribution in [2.24, 2.45) is 0 Å². The number of benzene rings is 3. The molecule has 3 rings (SSSR count). The third-order valence-corrected chi connectivity index (χ3v) is 7.96. The highest BCUT2D eigenvalue weighted by atomic mass is 32.2. The molecule has 2 atom stereocenters. The van der Waals surface area contributed by atoms with E-state index >= 15 is 0 Å². The lowest BCUT2D eigenvalue weighted by Crippen LogP contribution is -2.33. The molecule has 0 heterocycles. The number of amides is 1. The molecule has 3 aromatic rings. The Morgan fingerprint density at radius 2 is 1.34 bits per heavy atom. The normalized spacial score (nSPS) is 12.4. The maximum Gasteiger partial charge on any atom is 0.265 e. The summed E-state index contributed by atoms with van der Waals surface area (Å²) in [6.07, 6.45) is 12.8. The van der Waals surface area contributed by atoms with Gasteiger partial charge in [0.15, 0.2) is 6.10 Å². The highest BCUT2D eigenvalue weighted by molar-refractivity contribution is 7.80. The Hall–Kier alpha value is -3.32. The van der Waals surface area contributed by atoms with Gasteiger partial charge in [0.1, 0.15) is 17.2 Å². The van der Waals surface area contributed by atoms with Crippen LogP contribution in [0, 0.1) is 0 Å². The van der Waals surface area contributed by atoms with Gasteiger partial charge in [0, 0.05) is 5.69 Å². The van der Waals surface area contributed by atoms with E-state index in [1.165, 1.54) is 56.2 Å². The summed E-state index contributed by atoms with van der Waals surface area (Å²) in [5.74, 6) is 0.892. The van der Waals surface area contributed by atoms with Gasteiger partial charge in [0.05, 0.1) is 4.90 Å². The van der Waals surface area contributed by atoms with E-state index in [0.29, 0.717) is 22.8 Å². The van der Waals surface area contributed by atoms with Crippen LogP contribution in [0.3, 0.4) is 0 Å². The van der Waals surface area contributed by atoms with Crippen molar-refractivity contribution in [3.05, 3.63) is 78.4 Å². The van der Waals surface area contributed by atoms with E-state index in [2.05, 4.69) is 31.3 Å². The third kappa shape index (κ3) is 12.0. The predicted molar refractivity (Wildman–Crippen MR) is 167 cm³/mol. The zero-order valence-electron chi connectivity index (χ0n) is 24.5. The number of nitrogens with one attached hydrogen (secondary N) is 1. The van der Waals surface area contributed by atoms with Gasteiger partial charge >= 0.3 is 0 Å². The van der Waals surface area contributed by atoms with Gasteiger partial charge in [-0.15, -0.1) is 0 Å². The number of hydrogen-bond acceptors (Lipinski definition) is 5. The van der Waals surface area contributed by atoms with Gasteiger partial charge < -0.3 is 19.3 Å². The summed E-state index contributed by atoms with van der Waals surface area (Å²) in [5.41, 5.74) is 2.03. The van der Waals surface area contributed by atoms with Crippen LogP contribution < -0.4 is 14.2 Å². The molecule has 0 aromatic heterocycles. The summed E-state index contributed by atoms with van der Waals surface area (Å²) in [5, 5.41) is 12.5. The SMILES string of the molecule is CCCCCCCCCCC(Oc1ccc(OS(=O)c2ccc(O)cc2)cc1)C(=O)Nc1ccc(CCCC)cc1. The first kappa shape index (κ1) is 32.2. The smallest absolute Gasteiger partial charge is 0.265 e.